The molecule has 0 aromatic rings. The Morgan fingerprint density at radius 2 is 2.07 bits per heavy atom. The van der Waals surface area contributed by atoms with Crippen molar-refractivity contribution in [3.05, 3.63) is 0 Å². The lowest BCUT2D eigenvalue weighted by Crippen LogP contribution is -2.52. The molecular formula is C12H24N2O. The zero-order chi connectivity index (χ0) is 11.5. The Hall–Kier alpha value is -0.570. The number of nitrogens with two attached hydrogens (primary N) is 1. The fraction of sp³-hybridized carbons (Fsp3) is 0.917. The summed E-state index contributed by atoms with van der Waals surface area (Å²) in [5.41, 5.74) is 5.74. The largest absolute Gasteiger partial charge is 0.351 e. The van der Waals surface area contributed by atoms with E-state index in [1.165, 1.54) is 6.42 Å². The van der Waals surface area contributed by atoms with Gasteiger partial charge in [-0.1, -0.05) is 13.3 Å². The highest BCUT2D eigenvalue weighted by Crippen LogP contribution is 2.32. The van der Waals surface area contributed by atoms with Crippen LogP contribution in [-0.4, -0.2) is 17.0 Å². The van der Waals surface area contributed by atoms with Gasteiger partial charge < -0.3 is 11.1 Å². The van der Waals surface area contributed by atoms with E-state index in [1.54, 1.807) is 0 Å². The average molecular weight is 212 g/mol. The number of rotatable bonds is 5. The van der Waals surface area contributed by atoms with Gasteiger partial charge in [-0.2, -0.15) is 0 Å². The zero-order valence-corrected chi connectivity index (χ0v) is 10.2. The van der Waals surface area contributed by atoms with Crippen LogP contribution >= 0.6 is 0 Å². The minimum atomic E-state index is -0.202. The molecule has 0 aromatic carbocycles. The van der Waals surface area contributed by atoms with Gasteiger partial charge in [0.1, 0.15) is 0 Å². The lowest BCUT2D eigenvalue weighted by Gasteiger charge is -2.38. The minimum Gasteiger partial charge on any atom is -0.351 e. The predicted molar refractivity (Wildman–Crippen MR) is 62.5 cm³/mol. The van der Waals surface area contributed by atoms with Gasteiger partial charge in [-0.25, -0.2) is 0 Å². The molecule has 88 valence electrons. The van der Waals surface area contributed by atoms with Gasteiger partial charge in [0.15, 0.2) is 0 Å². The molecule has 0 spiro atoms. The monoisotopic (exact) mass is 212 g/mol. The summed E-state index contributed by atoms with van der Waals surface area (Å²) in [6.07, 6.45) is 5.74. The lowest BCUT2D eigenvalue weighted by molar-refractivity contribution is -0.124. The first-order chi connectivity index (χ1) is 6.87. The van der Waals surface area contributed by atoms with Crippen LogP contribution in [0.4, 0.5) is 0 Å². The molecule has 0 bridgehead atoms. The highest BCUT2D eigenvalue weighted by molar-refractivity contribution is 5.78. The Balaban J connectivity index is 2.35. The molecule has 1 saturated carbocycles. The van der Waals surface area contributed by atoms with Crippen LogP contribution in [0, 0.1) is 0 Å². The molecule has 15 heavy (non-hydrogen) atoms. The smallest absolute Gasteiger partial charge is 0.222 e. The van der Waals surface area contributed by atoms with Gasteiger partial charge in [-0.3, -0.25) is 4.79 Å². The van der Waals surface area contributed by atoms with E-state index >= 15 is 0 Å². The third-order valence-corrected chi connectivity index (χ3v) is 3.21. The van der Waals surface area contributed by atoms with Crippen LogP contribution in [0.2, 0.25) is 0 Å². The molecule has 0 aliphatic heterocycles. The second-order valence-corrected chi connectivity index (χ2v) is 5.57. The van der Waals surface area contributed by atoms with E-state index in [9.17, 15) is 4.79 Å². The van der Waals surface area contributed by atoms with Crippen LogP contribution in [0.5, 0.6) is 0 Å². The highest BCUT2D eigenvalue weighted by Gasteiger charge is 2.35. The van der Waals surface area contributed by atoms with E-state index < -0.39 is 0 Å². The van der Waals surface area contributed by atoms with Crippen LogP contribution in [0.25, 0.3) is 0 Å². The van der Waals surface area contributed by atoms with Crippen molar-refractivity contribution in [2.45, 2.75) is 70.4 Å². The standard InChI is InChI=1S/C12H24N2O/c1-4-6-11(2,3)14-10(15)9-12(13)7-5-8-12/h4-9,13H2,1-3H3,(H,14,15). The summed E-state index contributed by atoms with van der Waals surface area (Å²) in [7, 11) is 0. The quantitative estimate of drug-likeness (QED) is 0.732. The molecule has 0 heterocycles. The summed E-state index contributed by atoms with van der Waals surface area (Å²) in [5.74, 6) is 0.107. The number of carbonyl (C=O) groups is 1. The van der Waals surface area contributed by atoms with E-state index in [-0.39, 0.29) is 17.0 Å². The van der Waals surface area contributed by atoms with Crippen LogP contribution < -0.4 is 11.1 Å². The number of nitrogens with one attached hydrogen (secondary N) is 1. The fourth-order valence-electron chi connectivity index (χ4n) is 2.24. The van der Waals surface area contributed by atoms with E-state index in [4.69, 9.17) is 5.73 Å². The van der Waals surface area contributed by atoms with Crippen molar-refractivity contribution in [2.75, 3.05) is 0 Å². The molecule has 0 radical (unpaired) electrons. The van der Waals surface area contributed by atoms with E-state index in [0.717, 1.165) is 25.7 Å². The van der Waals surface area contributed by atoms with E-state index in [2.05, 4.69) is 26.1 Å². The summed E-state index contributed by atoms with van der Waals surface area (Å²) >= 11 is 0. The Labute approximate surface area is 92.8 Å². The topological polar surface area (TPSA) is 55.1 Å². The molecule has 0 unspecified atom stereocenters. The first-order valence-corrected chi connectivity index (χ1v) is 5.97. The number of hydrogen-bond acceptors (Lipinski definition) is 2. The van der Waals surface area contributed by atoms with Crippen molar-refractivity contribution >= 4 is 5.91 Å². The maximum Gasteiger partial charge on any atom is 0.222 e. The van der Waals surface area contributed by atoms with Gasteiger partial charge in [-0.15, -0.1) is 0 Å². The van der Waals surface area contributed by atoms with E-state index in [1.807, 2.05) is 0 Å². The van der Waals surface area contributed by atoms with E-state index in [0.29, 0.717) is 6.42 Å². The van der Waals surface area contributed by atoms with Gasteiger partial charge >= 0.3 is 0 Å². The summed E-state index contributed by atoms with van der Waals surface area (Å²) in [5, 5.41) is 3.06. The maximum absolute atomic E-state index is 11.8. The van der Waals surface area contributed by atoms with Crippen molar-refractivity contribution < 1.29 is 4.79 Å². The SMILES string of the molecule is CCCC(C)(C)NC(=O)CC1(N)CCC1. The summed E-state index contributed by atoms with van der Waals surface area (Å²) < 4.78 is 0. The molecule has 1 amide bonds. The summed E-state index contributed by atoms with van der Waals surface area (Å²) in [6.45, 7) is 6.26. The van der Waals surface area contributed by atoms with Crippen molar-refractivity contribution in [2.24, 2.45) is 5.73 Å². The molecule has 1 aliphatic carbocycles. The molecule has 0 saturated heterocycles. The van der Waals surface area contributed by atoms with Gasteiger partial charge in [0.2, 0.25) is 5.91 Å². The fourth-order valence-corrected chi connectivity index (χ4v) is 2.24. The summed E-state index contributed by atoms with van der Waals surface area (Å²) in [4.78, 5) is 11.8. The summed E-state index contributed by atoms with van der Waals surface area (Å²) in [6, 6.07) is 0. The molecule has 1 aliphatic rings. The average Bonchev–Trinajstić information content (AvgIpc) is 1.99. The Morgan fingerprint density at radius 1 is 1.47 bits per heavy atom. The molecule has 0 aromatic heterocycles. The van der Waals surface area contributed by atoms with Gasteiger partial charge in [0.05, 0.1) is 0 Å². The predicted octanol–water partition coefficient (Wildman–Crippen LogP) is 1.95. The van der Waals surface area contributed by atoms with Crippen LogP contribution in [-0.2, 0) is 4.79 Å². The third kappa shape index (κ3) is 3.82. The van der Waals surface area contributed by atoms with Crippen molar-refractivity contribution in [3.8, 4) is 0 Å². The first-order valence-electron chi connectivity index (χ1n) is 5.97. The molecule has 1 rings (SSSR count). The molecule has 3 nitrogen and oxygen atoms in total. The molecular weight excluding hydrogens is 188 g/mol. The Bertz CT molecular complexity index is 232. The second kappa shape index (κ2) is 4.52. The number of carbonyl (C=O) groups excluding carboxylic acids is 1. The molecule has 3 N–H and O–H groups in total. The van der Waals surface area contributed by atoms with Gasteiger partial charge in [-0.05, 0) is 39.5 Å². The molecule has 1 fully saturated rings. The maximum atomic E-state index is 11.8. The van der Waals surface area contributed by atoms with Gasteiger partial charge in [0, 0.05) is 17.5 Å². The third-order valence-electron chi connectivity index (χ3n) is 3.21. The molecule has 3 heteroatoms. The Morgan fingerprint density at radius 3 is 2.47 bits per heavy atom. The first kappa shape index (κ1) is 12.5. The lowest BCUT2D eigenvalue weighted by atomic mass is 9.75. The van der Waals surface area contributed by atoms with Crippen LogP contribution in [0.15, 0.2) is 0 Å². The van der Waals surface area contributed by atoms with Crippen LogP contribution in [0.1, 0.15) is 59.3 Å². The highest BCUT2D eigenvalue weighted by atomic mass is 16.1. The second-order valence-electron chi connectivity index (χ2n) is 5.57. The molecule has 0 atom stereocenters. The van der Waals surface area contributed by atoms with Crippen molar-refractivity contribution in [3.63, 3.8) is 0 Å². The zero-order valence-electron chi connectivity index (χ0n) is 10.2. The van der Waals surface area contributed by atoms with Crippen molar-refractivity contribution in [1.82, 2.24) is 5.32 Å². The van der Waals surface area contributed by atoms with Gasteiger partial charge in [0.25, 0.3) is 0 Å². The van der Waals surface area contributed by atoms with Crippen molar-refractivity contribution in [1.29, 1.82) is 0 Å². The number of amides is 1. The number of hydrogen-bond donors (Lipinski definition) is 2. The van der Waals surface area contributed by atoms with Crippen LogP contribution in [0.3, 0.4) is 0 Å². The Kier molecular flexibility index (Phi) is 3.77. The minimum absolute atomic E-state index is 0.0913. The normalized spacial score (nSPS) is 19.5.